The molecule has 16 heavy (non-hydrogen) atoms. The number of aliphatic hydroxyl groups excluding tert-OH is 1. The van der Waals surface area contributed by atoms with E-state index in [2.05, 4.69) is 0 Å². The van der Waals surface area contributed by atoms with Gasteiger partial charge in [-0.25, -0.2) is 0 Å². The molecule has 0 fully saturated rings. The number of hydrogen-bond acceptors (Lipinski definition) is 4. The summed E-state index contributed by atoms with van der Waals surface area (Å²) in [6.07, 6.45) is 0. The highest BCUT2D eigenvalue weighted by molar-refractivity contribution is 7.99. The molecule has 0 amide bonds. The zero-order valence-corrected chi connectivity index (χ0v) is 10.5. The Morgan fingerprint density at radius 2 is 2.12 bits per heavy atom. The van der Waals surface area contributed by atoms with E-state index in [1.165, 1.54) is 0 Å². The van der Waals surface area contributed by atoms with Crippen LogP contribution in [0, 0.1) is 0 Å². The largest absolute Gasteiger partial charge is 0.496 e. The number of rotatable bonds is 6. The molecule has 0 heterocycles. The molecule has 3 N–H and O–H groups in total. The van der Waals surface area contributed by atoms with E-state index in [9.17, 15) is 0 Å². The zero-order chi connectivity index (χ0) is 12.0. The average molecular weight is 241 g/mol. The first kappa shape index (κ1) is 13.4. The second-order valence-corrected chi connectivity index (χ2v) is 4.87. The number of aliphatic hydroxyl groups is 1. The van der Waals surface area contributed by atoms with Crippen LogP contribution in [-0.2, 0) is 0 Å². The topological polar surface area (TPSA) is 55.5 Å². The second kappa shape index (κ2) is 6.78. The molecule has 2 atom stereocenters. The van der Waals surface area contributed by atoms with Gasteiger partial charge in [0.25, 0.3) is 0 Å². The number of benzene rings is 1. The van der Waals surface area contributed by atoms with E-state index in [1.807, 2.05) is 31.2 Å². The smallest absolute Gasteiger partial charge is 0.123 e. The van der Waals surface area contributed by atoms with E-state index in [4.69, 9.17) is 15.6 Å². The molecule has 0 aromatic heterocycles. The van der Waals surface area contributed by atoms with Gasteiger partial charge in [-0.05, 0) is 13.0 Å². The Hall–Kier alpha value is -0.710. The van der Waals surface area contributed by atoms with Gasteiger partial charge in [0.1, 0.15) is 5.75 Å². The minimum Gasteiger partial charge on any atom is -0.496 e. The summed E-state index contributed by atoms with van der Waals surface area (Å²) >= 11 is 1.66. The van der Waals surface area contributed by atoms with Crippen molar-refractivity contribution in [1.29, 1.82) is 0 Å². The van der Waals surface area contributed by atoms with Crippen molar-refractivity contribution in [2.75, 3.05) is 19.5 Å². The summed E-state index contributed by atoms with van der Waals surface area (Å²) in [6, 6.07) is 7.90. The molecule has 1 aromatic rings. The first-order valence-electron chi connectivity index (χ1n) is 5.31. The minimum atomic E-state index is 0.0212. The number of hydrogen-bond donors (Lipinski definition) is 2. The second-order valence-electron chi connectivity index (χ2n) is 3.62. The van der Waals surface area contributed by atoms with Gasteiger partial charge >= 0.3 is 0 Å². The molecule has 0 saturated carbocycles. The highest BCUT2D eigenvalue weighted by Crippen LogP contribution is 2.36. The number of nitrogens with two attached hydrogens (primary N) is 1. The zero-order valence-electron chi connectivity index (χ0n) is 9.72. The Bertz CT molecular complexity index is 318. The summed E-state index contributed by atoms with van der Waals surface area (Å²) in [5.74, 6) is 1.54. The Morgan fingerprint density at radius 3 is 2.69 bits per heavy atom. The maximum Gasteiger partial charge on any atom is 0.123 e. The predicted molar refractivity (Wildman–Crippen MR) is 68.9 cm³/mol. The fourth-order valence-electron chi connectivity index (χ4n) is 1.61. The van der Waals surface area contributed by atoms with Gasteiger partial charge in [-0.3, -0.25) is 0 Å². The van der Waals surface area contributed by atoms with Crippen LogP contribution >= 0.6 is 11.8 Å². The lowest BCUT2D eigenvalue weighted by Gasteiger charge is -2.22. The summed E-state index contributed by atoms with van der Waals surface area (Å²) in [5, 5.41) is 9.03. The van der Waals surface area contributed by atoms with E-state index in [-0.39, 0.29) is 17.9 Å². The van der Waals surface area contributed by atoms with Crippen LogP contribution in [0.25, 0.3) is 0 Å². The maximum atomic E-state index is 8.88. The lowest BCUT2D eigenvalue weighted by molar-refractivity contribution is 0.322. The molecule has 90 valence electrons. The van der Waals surface area contributed by atoms with Crippen molar-refractivity contribution in [3.8, 4) is 5.75 Å². The number of ether oxygens (including phenoxy) is 1. The molecule has 0 spiro atoms. The van der Waals surface area contributed by atoms with Gasteiger partial charge in [-0.2, -0.15) is 0 Å². The molecule has 4 heteroatoms. The van der Waals surface area contributed by atoms with Crippen LogP contribution in [0.15, 0.2) is 24.3 Å². The van der Waals surface area contributed by atoms with Crippen LogP contribution in [0.5, 0.6) is 5.75 Å². The third-order valence-electron chi connectivity index (χ3n) is 2.31. The molecular formula is C12H19NO2S. The van der Waals surface area contributed by atoms with Gasteiger partial charge in [0.05, 0.1) is 13.7 Å². The van der Waals surface area contributed by atoms with E-state index in [1.54, 1.807) is 18.9 Å². The van der Waals surface area contributed by atoms with Crippen molar-refractivity contribution >= 4 is 11.8 Å². The first-order valence-corrected chi connectivity index (χ1v) is 6.36. The molecule has 0 aliphatic heterocycles. The summed E-state index contributed by atoms with van der Waals surface area (Å²) in [7, 11) is 1.66. The fourth-order valence-corrected chi connectivity index (χ4v) is 2.64. The van der Waals surface area contributed by atoms with Gasteiger partial charge in [0.15, 0.2) is 0 Å². The summed E-state index contributed by atoms with van der Waals surface area (Å²) in [4.78, 5) is 0. The summed E-state index contributed by atoms with van der Waals surface area (Å²) < 4.78 is 5.33. The minimum absolute atomic E-state index is 0.0212. The van der Waals surface area contributed by atoms with Gasteiger partial charge in [-0.1, -0.05) is 18.2 Å². The molecule has 0 saturated heterocycles. The highest BCUT2D eigenvalue weighted by atomic mass is 32.2. The SMILES string of the molecule is COc1ccccc1C(SCCO)C(C)N. The van der Waals surface area contributed by atoms with Crippen LogP contribution in [0.2, 0.25) is 0 Å². The Labute approximate surface area is 101 Å². The molecule has 0 bridgehead atoms. The monoisotopic (exact) mass is 241 g/mol. The predicted octanol–water partition coefficient (Wildman–Crippen LogP) is 1.81. The molecule has 1 rings (SSSR count). The van der Waals surface area contributed by atoms with Crippen LogP contribution < -0.4 is 10.5 Å². The number of methoxy groups -OCH3 is 1. The van der Waals surface area contributed by atoms with Crippen molar-refractivity contribution < 1.29 is 9.84 Å². The van der Waals surface area contributed by atoms with Crippen LogP contribution in [0.4, 0.5) is 0 Å². The van der Waals surface area contributed by atoms with Crippen molar-refractivity contribution in [1.82, 2.24) is 0 Å². The van der Waals surface area contributed by atoms with Crippen LogP contribution in [-0.4, -0.2) is 30.6 Å². The van der Waals surface area contributed by atoms with Gasteiger partial charge in [-0.15, -0.1) is 11.8 Å². The molecule has 0 radical (unpaired) electrons. The molecule has 0 aliphatic rings. The lowest BCUT2D eigenvalue weighted by Crippen LogP contribution is -2.23. The van der Waals surface area contributed by atoms with Crippen molar-refractivity contribution in [3.63, 3.8) is 0 Å². The van der Waals surface area contributed by atoms with E-state index >= 15 is 0 Å². The Morgan fingerprint density at radius 1 is 1.44 bits per heavy atom. The summed E-state index contributed by atoms with van der Waals surface area (Å²) in [5.41, 5.74) is 7.07. The van der Waals surface area contributed by atoms with Crippen LogP contribution in [0.1, 0.15) is 17.7 Å². The quantitative estimate of drug-likeness (QED) is 0.797. The van der Waals surface area contributed by atoms with Crippen molar-refractivity contribution in [3.05, 3.63) is 29.8 Å². The maximum absolute atomic E-state index is 8.88. The number of thioether (sulfide) groups is 1. The van der Waals surface area contributed by atoms with Gasteiger partial charge in [0, 0.05) is 22.6 Å². The lowest BCUT2D eigenvalue weighted by atomic mass is 10.1. The molecule has 3 nitrogen and oxygen atoms in total. The third kappa shape index (κ3) is 3.40. The Kier molecular flexibility index (Phi) is 5.66. The first-order chi connectivity index (χ1) is 7.70. The van der Waals surface area contributed by atoms with E-state index < -0.39 is 0 Å². The van der Waals surface area contributed by atoms with Gasteiger partial charge in [0.2, 0.25) is 0 Å². The molecule has 2 unspecified atom stereocenters. The number of para-hydroxylation sites is 1. The van der Waals surface area contributed by atoms with Gasteiger partial charge < -0.3 is 15.6 Å². The van der Waals surface area contributed by atoms with E-state index in [0.717, 1.165) is 11.3 Å². The van der Waals surface area contributed by atoms with E-state index in [0.29, 0.717) is 5.75 Å². The Balaban J connectivity index is 2.91. The highest BCUT2D eigenvalue weighted by Gasteiger charge is 2.19. The fraction of sp³-hybridized carbons (Fsp3) is 0.500. The average Bonchev–Trinajstić information content (AvgIpc) is 2.29. The van der Waals surface area contributed by atoms with Crippen LogP contribution in [0.3, 0.4) is 0 Å². The molecule has 1 aromatic carbocycles. The third-order valence-corrected chi connectivity index (χ3v) is 3.77. The summed E-state index contributed by atoms with van der Waals surface area (Å²) in [6.45, 7) is 2.14. The normalized spacial score (nSPS) is 14.5. The molecular weight excluding hydrogens is 222 g/mol. The molecule has 0 aliphatic carbocycles. The standard InChI is InChI=1S/C12H19NO2S/c1-9(13)12(16-8-7-14)10-5-3-4-6-11(10)15-2/h3-6,9,12,14H,7-8,13H2,1-2H3. The van der Waals surface area contributed by atoms with Crippen molar-refractivity contribution in [2.45, 2.75) is 18.2 Å². The van der Waals surface area contributed by atoms with Crippen molar-refractivity contribution in [2.24, 2.45) is 5.73 Å².